The van der Waals surface area contributed by atoms with Crippen molar-refractivity contribution in [1.82, 2.24) is 4.98 Å². The van der Waals surface area contributed by atoms with E-state index in [1.807, 2.05) is 18.2 Å². The van der Waals surface area contributed by atoms with Gasteiger partial charge in [-0.15, -0.1) is 0 Å². The Morgan fingerprint density at radius 1 is 1.43 bits per heavy atom. The van der Waals surface area contributed by atoms with Gasteiger partial charge in [-0.3, -0.25) is 4.79 Å². The summed E-state index contributed by atoms with van der Waals surface area (Å²) in [6.07, 6.45) is 0.959. The molecule has 1 aromatic carbocycles. The van der Waals surface area contributed by atoms with Crippen molar-refractivity contribution in [2.75, 3.05) is 0 Å². The van der Waals surface area contributed by atoms with Crippen molar-refractivity contribution in [2.45, 2.75) is 13.3 Å². The Hall–Kier alpha value is -1.77. The highest BCUT2D eigenvalue weighted by atomic mass is 16.1. The number of carbonyl (C=O) groups excluding carboxylic acids is 1. The van der Waals surface area contributed by atoms with Crippen LogP contribution >= 0.6 is 0 Å². The van der Waals surface area contributed by atoms with E-state index in [-0.39, 0.29) is 5.91 Å². The fourth-order valence-corrected chi connectivity index (χ4v) is 1.54. The lowest BCUT2D eigenvalue weighted by Crippen LogP contribution is -2.10. The fraction of sp³-hybridized carbons (Fsp3) is 0.182. The molecule has 0 unspecified atom stereocenters. The SMILES string of the molecule is CCc1cc2cc(C(N)=O)ccc2[nH]1. The van der Waals surface area contributed by atoms with Crippen LogP contribution in [-0.4, -0.2) is 10.9 Å². The number of rotatable bonds is 2. The Kier molecular flexibility index (Phi) is 2.00. The van der Waals surface area contributed by atoms with Crippen LogP contribution in [0.2, 0.25) is 0 Å². The van der Waals surface area contributed by atoms with Crippen molar-refractivity contribution in [2.24, 2.45) is 5.73 Å². The largest absolute Gasteiger partial charge is 0.366 e. The van der Waals surface area contributed by atoms with Gasteiger partial charge in [0, 0.05) is 22.2 Å². The first-order valence-corrected chi connectivity index (χ1v) is 4.62. The number of hydrogen-bond donors (Lipinski definition) is 2. The first-order chi connectivity index (χ1) is 6.70. The smallest absolute Gasteiger partial charge is 0.248 e. The summed E-state index contributed by atoms with van der Waals surface area (Å²) in [5.41, 5.74) is 7.97. The summed E-state index contributed by atoms with van der Waals surface area (Å²) in [5, 5.41) is 1.04. The molecule has 2 rings (SSSR count). The number of aromatic nitrogens is 1. The van der Waals surface area contributed by atoms with Crippen LogP contribution in [0.25, 0.3) is 10.9 Å². The average molecular weight is 188 g/mol. The van der Waals surface area contributed by atoms with Crippen molar-refractivity contribution >= 4 is 16.8 Å². The summed E-state index contributed by atoms with van der Waals surface area (Å²) < 4.78 is 0. The lowest BCUT2D eigenvalue weighted by atomic mass is 10.1. The quantitative estimate of drug-likeness (QED) is 0.742. The maximum atomic E-state index is 10.9. The van der Waals surface area contributed by atoms with Gasteiger partial charge in [0.05, 0.1) is 0 Å². The standard InChI is InChI=1S/C11H12N2O/c1-2-9-6-8-5-7(11(12)14)3-4-10(8)13-9/h3-6,13H,2H2,1H3,(H2,12,14). The molecule has 3 nitrogen and oxygen atoms in total. The van der Waals surface area contributed by atoms with Gasteiger partial charge in [0.25, 0.3) is 0 Å². The van der Waals surface area contributed by atoms with E-state index in [0.29, 0.717) is 5.56 Å². The predicted molar refractivity (Wildman–Crippen MR) is 56.2 cm³/mol. The highest BCUT2D eigenvalue weighted by molar-refractivity contribution is 5.97. The van der Waals surface area contributed by atoms with E-state index in [2.05, 4.69) is 11.9 Å². The minimum absolute atomic E-state index is 0.383. The predicted octanol–water partition coefficient (Wildman–Crippen LogP) is 1.83. The fourth-order valence-electron chi connectivity index (χ4n) is 1.54. The lowest BCUT2D eigenvalue weighted by molar-refractivity contribution is 0.100. The number of hydrogen-bond acceptors (Lipinski definition) is 1. The number of aromatic amines is 1. The summed E-state index contributed by atoms with van der Waals surface area (Å²) in [6.45, 7) is 2.08. The van der Waals surface area contributed by atoms with Crippen LogP contribution in [0.5, 0.6) is 0 Å². The molecule has 0 aliphatic carbocycles. The molecule has 0 atom stereocenters. The highest BCUT2D eigenvalue weighted by Gasteiger charge is 2.03. The molecule has 0 bridgehead atoms. The molecule has 3 heteroatoms. The Balaban J connectivity index is 2.59. The number of nitrogens with two attached hydrogens (primary N) is 1. The molecule has 1 aromatic heterocycles. The highest BCUT2D eigenvalue weighted by Crippen LogP contribution is 2.17. The number of H-pyrrole nitrogens is 1. The summed E-state index contributed by atoms with van der Waals surface area (Å²) in [4.78, 5) is 14.2. The van der Waals surface area contributed by atoms with Crippen LogP contribution in [0.3, 0.4) is 0 Å². The minimum atomic E-state index is -0.383. The van der Waals surface area contributed by atoms with Gasteiger partial charge in [-0.1, -0.05) is 6.92 Å². The third kappa shape index (κ3) is 1.37. The maximum absolute atomic E-state index is 10.9. The third-order valence-corrected chi connectivity index (χ3v) is 2.34. The van der Waals surface area contributed by atoms with Gasteiger partial charge in [0.2, 0.25) is 5.91 Å². The van der Waals surface area contributed by atoms with Crippen molar-refractivity contribution in [3.05, 3.63) is 35.5 Å². The molecule has 0 aliphatic heterocycles. The molecule has 0 saturated heterocycles. The monoisotopic (exact) mass is 188 g/mol. The number of aryl methyl sites for hydroxylation is 1. The second-order valence-electron chi connectivity index (χ2n) is 3.31. The summed E-state index contributed by atoms with van der Waals surface area (Å²) >= 11 is 0. The van der Waals surface area contributed by atoms with E-state index in [9.17, 15) is 4.79 Å². The molecule has 1 amide bonds. The number of benzene rings is 1. The first-order valence-electron chi connectivity index (χ1n) is 4.62. The van der Waals surface area contributed by atoms with Gasteiger partial charge in [-0.25, -0.2) is 0 Å². The van der Waals surface area contributed by atoms with E-state index in [0.717, 1.165) is 17.3 Å². The second kappa shape index (κ2) is 3.18. The van der Waals surface area contributed by atoms with Gasteiger partial charge in [0.1, 0.15) is 0 Å². The molecule has 14 heavy (non-hydrogen) atoms. The van der Waals surface area contributed by atoms with E-state index >= 15 is 0 Å². The van der Waals surface area contributed by atoms with E-state index < -0.39 is 0 Å². The van der Waals surface area contributed by atoms with Gasteiger partial charge >= 0.3 is 0 Å². The molecule has 1 heterocycles. The zero-order chi connectivity index (χ0) is 10.1. The normalized spacial score (nSPS) is 10.6. The van der Waals surface area contributed by atoms with Crippen LogP contribution in [0.4, 0.5) is 0 Å². The molecule has 3 N–H and O–H groups in total. The van der Waals surface area contributed by atoms with Crippen LogP contribution in [-0.2, 0) is 6.42 Å². The molecule has 0 fully saturated rings. The Morgan fingerprint density at radius 3 is 2.86 bits per heavy atom. The first kappa shape index (κ1) is 8.81. The molecule has 0 radical (unpaired) electrons. The van der Waals surface area contributed by atoms with E-state index in [4.69, 9.17) is 5.73 Å². The van der Waals surface area contributed by atoms with Gasteiger partial charge < -0.3 is 10.7 Å². The van der Waals surface area contributed by atoms with Gasteiger partial charge in [-0.05, 0) is 30.7 Å². The Bertz CT molecular complexity index is 485. The minimum Gasteiger partial charge on any atom is -0.366 e. The Morgan fingerprint density at radius 2 is 2.21 bits per heavy atom. The van der Waals surface area contributed by atoms with Crippen LogP contribution < -0.4 is 5.73 Å². The summed E-state index contributed by atoms with van der Waals surface area (Å²) in [7, 11) is 0. The third-order valence-electron chi connectivity index (χ3n) is 2.34. The second-order valence-corrected chi connectivity index (χ2v) is 3.31. The number of fused-ring (bicyclic) bond motifs is 1. The number of nitrogens with one attached hydrogen (secondary N) is 1. The van der Waals surface area contributed by atoms with Crippen molar-refractivity contribution in [1.29, 1.82) is 0 Å². The lowest BCUT2D eigenvalue weighted by Gasteiger charge is -1.94. The molecule has 0 saturated carbocycles. The number of primary amides is 1. The van der Waals surface area contributed by atoms with Gasteiger partial charge in [-0.2, -0.15) is 0 Å². The zero-order valence-electron chi connectivity index (χ0n) is 8.00. The zero-order valence-corrected chi connectivity index (χ0v) is 8.00. The molecule has 0 aliphatic rings. The molecule has 0 spiro atoms. The van der Waals surface area contributed by atoms with Crippen LogP contribution in [0.15, 0.2) is 24.3 Å². The van der Waals surface area contributed by atoms with Crippen molar-refractivity contribution in [3.8, 4) is 0 Å². The van der Waals surface area contributed by atoms with Crippen LogP contribution in [0, 0.1) is 0 Å². The van der Waals surface area contributed by atoms with Crippen molar-refractivity contribution in [3.63, 3.8) is 0 Å². The van der Waals surface area contributed by atoms with Crippen LogP contribution in [0.1, 0.15) is 23.0 Å². The van der Waals surface area contributed by atoms with E-state index in [1.54, 1.807) is 6.07 Å². The molecular weight excluding hydrogens is 176 g/mol. The average Bonchev–Trinajstić information content (AvgIpc) is 2.58. The Labute approximate surface area is 81.9 Å². The number of carbonyl (C=O) groups is 1. The molecular formula is C11H12N2O. The maximum Gasteiger partial charge on any atom is 0.248 e. The van der Waals surface area contributed by atoms with Gasteiger partial charge in [0.15, 0.2) is 0 Å². The molecule has 72 valence electrons. The number of amides is 1. The van der Waals surface area contributed by atoms with E-state index in [1.165, 1.54) is 5.69 Å². The topological polar surface area (TPSA) is 58.9 Å². The molecule has 2 aromatic rings. The van der Waals surface area contributed by atoms with Crippen molar-refractivity contribution < 1.29 is 4.79 Å². The summed E-state index contributed by atoms with van der Waals surface area (Å²) in [6, 6.07) is 7.48. The summed E-state index contributed by atoms with van der Waals surface area (Å²) in [5.74, 6) is -0.383.